The van der Waals surface area contributed by atoms with Gasteiger partial charge in [-0.3, -0.25) is 10.8 Å². The van der Waals surface area contributed by atoms with E-state index < -0.39 is 5.97 Å². The number of anilines is 1. The maximum atomic E-state index is 11.3. The number of amidine groups is 1. The Morgan fingerprint density at radius 3 is 2.89 bits per heavy atom. The van der Waals surface area contributed by atoms with Crippen molar-refractivity contribution in [2.45, 2.75) is 25.8 Å². The second kappa shape index (κ2) is 9.79. The van der Waals surface area contributed by atoms with Gasteiger partial charge in [0.15, 0.2) is 5.84 Å². The minimum Gasteiger partial charge on any atom is -0.477 e. The van der Waals surface area contributed by atoms with Crippen LogP contribution in [0.2, 0.25) is 0 Å². The number of aromatic nitrogens is 2. The van der Waals surface area contributed by atoms with E-state index in [0.717, 1.165) is 6.34 Å². The average Bonchev–Trinajstić information content (AvgIpc) is 2.66. The minimum atomic E-state index is -1.12. The Morgan fingerprint density at radius 2 is 2.25 bits per heavy atom. The molecule has 9 nitrogen and oxygen atoms in total. The summed E-state index contributed by atoms with van der Waals surface area (Å²) in [6.45, 7) is 2.14. The number of ether oxygens (including phenoxy) is 1. The standard InChI is InChI=1S/C18H21BrN6O3/c1-11(25(10-20)16(22)14-5-2-6-15(21)24-14)4-3-7-28-17-13(18(26)27)8-12(19)9-23-17/h2,5-6,8-11,20,22H,3-4,7H2,1H3,(H2,21,24)(H,26,27). The van der Waals surface area contributed by atoms with Crippen LogP contribution in [0.25, 0.3) is 0 Å². The van der Waals surface area contributed by atoms with Gasteiger partial charge >= 0.3 is 5.97 Å². The maximum Gasteiger partial charge on any atom is 0.341 e. The van der Waals surface area contributed by atoms with Gasteiger partial charge in [0.25, 0.3) is 0 Å². The lowest BCUT2D eigenvalue weighted by Crippen LogP contribution is -2.38. The number of nitrogen functional groups attached to an aromatic ring is 1. The zero-order valence-corrected chi connectivity index (χ0v) is 16.8. The number of carbonyl (C=O) groups is 1. The quantitative estimate of drug-likeness (QED) is 0.261. The zero-order chi connectivity index (χ0) is 20.7. The van der Waals surface area contributed by atoms with Gasteiger partial charge in [-0.05, 0) is 53.9 Å². The first-order chi connectivity index (χ1) is 13.3. The van der Waals surface area contributed by atoms with E-state index >= 15 is 0 Å². The summed E-state index contributed by atoms with van der Waals surface area (Å²) < 4.78 is 6.06. The van der Waals surface area contributed by atoms with Crippen LogP contribution in [-0.2, 0) is 0 Å². The third-order valence-electron chi connectivity index (χ3n) is 3.94. The van der Waals surface area contributed by atoms with Crippen molar-refractivity contribution < 1.29 is 14.6 Å². The summed E-state index contributed by atoms with van der Waals surface area (Å²) in [4.78, 5) is 20.9. The first-order valence-electron chi connectivity index (χ1n) is 8.45. The van der Waals surface area contributed by atoms with Crippen LogP contribution < -0.4 is 10.5 Å². The molecule has 28 heavy (non-hydrogen) atoms. The van der Waals surface area contributed by atoms with E-state index in [9.17, 15) is 9.90 Å². The van der Waals surface area contributed by atoms with Crippen LogP contribution in [0.4, 0.5) is 5.82 Å². The van der Waals surface area contributed by atoms with E-state index in [-0.39, 0.29) is 29.9 Å². The number of carboxylic acid groups (broad SMARTS) is 1. The van der Waals surface area contributed by atoms with Crippen LogP contribution in [0.15, 0.2) is 34.9 Å². The van der Waals surface area contributed by atoms with E-state index in [0.29, 0.717) is 28.8 Å². The Labute approximate surface area is 170 Å². The summed E-state index contributed by atoms with van der Waals surface area (Å²) >= 11 is 3.19. The highest BCUT2D eigenvalue weighted by Gasteiger charge is 2.18. The molecule has 1 unspecified atom stereocenters. The molecule has 2 aromatic heterocycles. The summed E-state index contributed by atoms with van der Waals surface area (Å²) in [7, 11) is 0. The Balaban J connectivity index is 1.92. The highest BCUT2D eigenvalue weighted by atomic mass is 79.9. The van der Waals surface area contributed by atoms with Crippen molar-refractivity contribution in [1.82, 2.24) is 14.9 Å². The fourth-order valence-electron chi connectivity index (χ4n) is 2.51. The van der Waals surface area contributed by atoms with Crippen molar-refractivity contribution in [2.24, 2.45) is 0 Å². The zero-order valence-electron chi connectivity index (χ0n) is 15.2. The second-order valence-corrected chi connectivity index (χ2v) is 6.90. The van der Waals surface area contributed by atoms with E-state index in [2.05, 4.69) is 25.9 Å². The molecule has 0 saturated carbocycles. The molecule has 0 amide bonds. The number of pyridine rings is 2. The topological polar surface area (TPSA) is 149 Å². The first-order valence-corrected chi connectivity index (χ1v) is 9.24. The van der Waals surface area contributed by atoms with E-state index in [1.807, 2.05) is 6.92 Å². The monoisotopic (exact) mass is 448 g/mol. The Morgan fingerprint density at radius 1 is 1.50 bits per heavy atom. The maximum absolute atomic E-state index is 11.3. The smallest absolute Gasteiger partial charge is 0.341 e. The van der Waals surface area contributed by atoms with Gasteiger partial charge in [-0.15, -0.1) is 0 Å². The van der Waals surface area contributed by atoms with Crippen LogP contribution in [-0.4, -0.2) is 50.8 Å². The molecule has 0 bridgehead atoms. The van der Waals surface area contributed by atoms with Crippen molar-refractivity contribution in [3.8, 4) is 5.88 Å². The van der Waals surface area contributed by atoms with Gasteiger partial charge in [0.05, 0.1) is 12.9 Å². The minimum absolute atomic E-state index is 0.0157. The molecule has 10 heteroatoms. The summed E-state index contributed by atoms with van der Waals surface area (Å²) in [5, 5.41) is 25.1. The number of carboxylic acids is 1. The normalized spacial score (nSPS) is 11.5. The molecule has 0 aliphatic rings. The molecule has 0 aliphatic carbocycles. The molecular formula is C18H21BrN6O3. The number of nitrogens with two attached hydrogens (primary N) is 1. The van der Waals surface area contributed by atoms with Crippen molar-refractivity contribution in [2.75, 3.05) is 12.3 Å². The molecule has 1 atom stereocenters. The molecule has 0 aliphatic heterocycles. The van der Waals surface area contributed by atoms with Crippen molar-refractivity contribution in [1.29, 1.82) is 10.8 Å². The molecule has 0 saturated heterocycles. The molecule has 2 aromatic rings. The molecule has 5 N–H and O–H groups in total. The van der Waals surface area contributed by atoms with E-state index in [1.165, 1.54) is 17.2 Å². The number of hydrogen-bond donors (Lipinski definition) is 4. The largest absolute Gasteiger partial charge is 0.477 e. The predicted octanol–water partition coefficient (Wildman–Crippen LogP) is 3.00. The fraction of sp³-hybridized carbons (Fsp3) is 0.278. The number of rotatable bonds is 9. The van der Waals surface area contributed by atoms with Gasteiger partial charge in [-0.2, -0.15) is 0 Å². The Kier molecular flexibility index (Phi) is 7.44. The van der Waals surface area contributed by atoms with Gasteiger partial charge in [-0.1, -0.05) is 6.07 Å². The molecule has 2 rings (SSSR count). The van der Waals surface area contributed by atoms with Crippen molar-refractivity contribution >= 4 is 39.9 Å². The molecule has 0 radical (unpaired) electrons. The molecule has 0 fully saturated rings. The molecule has 0 aromatic carbocycles. The number of aromatic carboxylic acids is 1. The van der Waals surface area contributed by atoms with Crippen LogP contribution in [0.5, 0.6) is 5.88 Å². The lowest BCUT2D eigenvalue weighted by atomic mass is 10.1. The Hall–Kier alpha value is -3.01. The van der Waals surface area contributed by atoms with Crippen LogP contribution in [0.3, 0.4) is 0 Å². The predicted molar refractivity (Wildman–Crippen MR) is 109 cm³/mol. The average molecular weight is 449 g/mol. The summed E-state index contributed by atoms with van der Waals surface area (Å²) in [6, 6.07) is 6.28. The van der Waals surface area contributed by atoms with Gasteiger partial charge in [-0.25, -0.2) is 14.8 Å². The van der Waals surface area contributed by atoms with Crippen LogP contribution in [0.1, 0.15) is 35.8 Å². The lowest BCUT2D eigenvalue weighted by molar-refractivity contribution is 0.0691. The van der Waals surface area contributed by atoms with E-state index in [1.54, 1.807) is 18.2 Å². The van der Waals surface area contributed by atoms with Gasteiger partial charge in [0, 0.05) is 16.7 Å². The van der Waals surface area contributed by atoms with Crippen molar-refractivity contribution in [3.05, 3.63) is 46.2 Å². The van der Waals surface area contributed by atoms with Gasteiger partial charge in [0.2, 0.25) is 5.88 Å². The summed E-state index contributed by atoms with van der Waals surface area (Å²) in [5.41, 5.74) is 6.03. The van der Waals surface area contributed by atoms with E-state index in [4.69, 9.17) is 21.3 Å². The lowest BCUT2D eigenvalue weighted by Gasteiger charge is -2.26. The highest BCUT2D eigenvalue weighted by molar-refractivity contribution is 9.10. The molecule has 2 heterocycles. The second-order valence-electron chi connectivity index (χ2n) is 5.98. The van der Waals surface area contributed by atoms with Gasteiger partial charge < -0.3 is 20.5 Å². The van der Waals surface area contributed by atoms with Gasteiger partial charge in [0.1, 0.15) is 17.1 Å². The molecule has 0 spiro atoms. The van der Waals surface area contributed by atoms with Crippen LogP contribution in [0, 0.1) is 10.8 Å². The SMILES string of the molecule is CC(CCCOc1ncc(Br)cc1C(=O)O)N(C=N)C(=N)c1cccc(N)n1. The third-order valence-corrected chi connectivity index (χ3v) is 4.37. The Bertz CT molecular complexity index is 876. The van der Waals surface area contributed by atoms with Crippen LogP contribution >= 0.6 is 15.9 Å². The first kappa shape index (κ1) is 21.3. The number of nitrogens with one attached hydrogen (secondary N) is 2. The molecule has 148 valence electrons. The fourth-order valence-corrected chi connectivity index (χ4v) is 2.84. The number of hydrogen-bond acceptors (Lipinski definition) is 7. The number of halogens is 1. The summed E-state index contributed by atoms with van der Waals surface area (Å²) in [5.74, 6) is -0.665. The summed E-state index contributed by atoms with van der Waals surface area (Å²) in [6.07, 6.45) is 3.75. The highest BCUT2D eigenvalue weighted by Crippen LogP contribution is 2.20. The number of nitrogens with zero attached hydrogens (tertiary/aromatic N) is 3. The molecular weight excluding hydrogens is 428 g/mol. The van der Waals surface area contributed by atoms with Crippen molar-refractivity contribution in [3.63, 3.8) is 0 Å². The third kappa shape index (κ3) is 5.49.